The van der Waals surface area contributed by atoms with E-state index < -0.39 is 11.9 Å². The van der Waals surface area contributed by atoms with Crippen LogP contribution in [0, 0.1) is 17.1 Å². The Labute approximate surface area is 235 Å². The second kappa shape index (κ2) is 11.7. The van der Waals surface area contributed by atoms with Crippen LogP contribution in [0.4, 0.5) is 4.39 Å². The molecule has 4 aromatic rings. The standard InChI is InChI=1S/C32H25FN2O6/c1-37-23-5-3-4-21(14-23)32(36)40-24-11-12-25-28(16-24)41-31(35)26(17-34)30(25)20-8-13-27(29(15-20)38-2)39-18-19-6-9-22(33)10-7-19/h3-16,30H,18,35H2,1-2H3. The Morgan fingerprint density at radius 1 is 0.951 bits per heavy atom. The number of hydrogen-bond donors (Lipinski definition) is 1. The third kappa shape index (κ3) is 5.77. The predicted molar refractivity (Wildman–Crippen MR) is 147 cm³/mol. The lowest BCUT2D eigenvalue weighted by molar-refractivity contribution is 0.0734. The van der Waals surface area contributed by atoms with E-state index in [1.54, 1.807) is 66.7 Å². The van der Waals surface area contributed by atoms with Crippen LogP contribution in [0.2, 0.25) is 0 Å². The van der Waals surface area contributed by atoms with Gasteiger partial charge in [0.25, 0.3) is 0 Å². The second-order valence-corrected chi connectivity index (χ2v) is 9.07. The Morgan fingerprint density at radius 2 is 1.76 bits per heavy atom. The summed E-state index contributed by atoms with van der Waals surface area (Å²) in [4.78, 5) is 12.7. The molecule has 0 fully saturated rings. The summed E-state index contributed by atoms with van der Waals surface area (Å²) >= 11 is 0. The molecular formula is C32H25FN2O6. The number of esters is 1. The first-order chi connectivity index (χ1) is 19.9. The fourth-order valence-corrected chi connectivity index (χ4v) is 4.48. The molecule has 206 valence electrons. The summed E-state index contributed by atoms with van der Waals surface area (Å²) in [5, 5.41) is 9.94. The molecule has 1 aliphatic rings. The fraction of sp³-hybridized carbons (Fsp3) is 0.125. The quantitative estimate of drug-likeness (QED) is 0.214. The maximum Gasteiger partial charge on any atom is 0.343 e. The van der Waals surface area contributed by atoms with Crippen LogP contribution in [0.25, 0.3) is 0 Å². The van der Waals surface area contributed by atoms with E-state index in [1.807, 2.05) is 6.07 Å². The number of carbonyl (C=O) groups is 1. The Balaban J connectivity index is 1.42. The molecule has 1 unspecified atom stereocenters. The number of nitriles is 1. The van der Waals surface area contributed by atoms with E-state index in [2.05, 4.69) is 6.07 Å². The molecule has 1 atom stereocenters. The van der Waals surface area contributed by atoms with Crippen molar-refractivity contribution in [1.29, 1.82) is 5.26 Å². The van der Waals surface area contributed by atoms with Gasteiger partial charge in [0.15, 0.2) is 11.5 Å². The number of nitrogens with two attached hydrogens (primary N) is 1. The molecule has 5 rings (SSSR count). The Hall–Kier alpha value is -5.49. The Morgan fingerprint density at radius 3 is 2.49 bits per heavy atom. The summed E-state index contributed by atoms with van der Waals surface area (Å²) in [6.07, 6.45) is 0. The van der Waals surface area contributed by atoms with Crippen LogP contribution in [0.1, 0.15) is 33.0 Å². The molecule has 0 bridgehead atoms. The SMILES string of the molecule is COc1cccc(C(=O)Oc2ccc3c(c2)OC(N)=C(C#N)C3c2ccc(OCc3ccc(F)cc3)c(OC)c2)c1. The van der Waals surface area contributed by atoms with E-state index in [9.17, 15) is 14.4 Å². The largest absolute Gasteiger partial charge is 0.497 e. The highest BCUT2D eigenvalue weighted by molar-refractivity contribution is 5.91. The van der Waals surface area contributed by atoms with Gasteiger partial charge in [-0.3, -0.25) is 0 Å². The summed E-state index contributed by atoms with van der Waals surface area (Å²) in [5.41, 5.74) is 8.86. The van der Waals surface area contributed by atoms with Crippen LogP contribution in [0.15, 0.2) is 96.4 Å². The molecule has 1 heterocycles. The van der Waals surface area contributed by atoms with Crippen molar-refractivity contribution in [2.24, 2.45) is 5.73 Å². The number of allylic oxidation sites excluding steroid dienone is 1. The Bertz CT molecular complexity index is 1680. The number of benzene rings is 4. The molecule has 0 saturated carbocycles. The van der Waals surface area contributed by atoms with Gasteiger partial charge in [0.2, 0.25) is 5.88 Å². The van der Waals surface area contributed by atoms with Gasteiger partial charge in [-0.1, -0.05) is 30.3 Å². The first-order valence-electron chi connectivity index (χ1n) is 12.5. The Kier molecular flexibility index (Phi) is 7.74. The predicted octanol–water partition coefficient (Wildman–Crippen LogP) is 5.86. The van der Waals surface area contributed by atoms with Crippen LogP contribution in [-0.4, -0.2) is 20.2 Å². The van der Waals surface area contributed by atoms with Gasteiger partial charge in [-0.2, -0.15) is 5.26 Å². The lowest BCUT2D eigenvalue weighted by Crippen LogP contribution is -2.21. The van der Waals surface area contributed by atoms with Crippen LogP contribution >= 0.6 is 0 Å². The monoisotopic (exact) mass is 552 g/mol. The first-order valence-corrected chi connectivity index (χ1v) is 12.5. The van der Waals surface area contributed by atoms with Crippen molar-refractivity contribution in [3.63, 3.8) is 0 Å². The van der Waals surface area contributed by atoms with Crippen LogP contribution < -0.4 is 29.4 Å². The van der Waals surface area contributed by atoms with Gasteiger partial charge in [0.1, 0.15) is 41.3 Å². The zero-order valence-corrected chi connectivity index (χ0v) is 22.2. The van der Waals surface area contributed by atoms with Gasteiger partial charge in [-0.05, 0) is 59.7 Å². The van der Waals surface area contributed by atoms with Crippen molar-refractivity contribution in [2.45, 2.75) is 12.5 Å². The van der Waals surface area contributed by atoms with Gasteiger partial charge in [0, 0.05) is 11.6 Å². The van der Waals surface area contributed by atoms with Gasteiger partial charge in [0.05, 0.1) is 25.7 Å². The minimum Gasteiger partial charge on any atom is -0.497 e. The van der Waals surface area contributed by atoms with E-state index >= 15 is 0 Å². The van der Waals surface area contributed by atoms with E-state index in [0.29, 0.717) is 39.7 Å². The summed E-state index contributed by atoms with van der Waals surface area (Å²) < 4.78 is 41.2. The number of carbonyl (C=O) groups excluding carboxylic acids is 1. The van der Waals surface area contributed by atoms with E-state index in [-0.39, 0.29) is 29.6 Å². The normalized spacial score (nSPS) is 13.9. The van der Waals surface area contributed by atoms with Crippen molar-refractivity contribution in [1.82, 2.24) is 0 Å². The smallest absolute Gasteiger partial charge is 0.343 e. The molecule has 0 aromatic heterocycles. The molecule has 8 nitrogen and oxygen atoms in total. The number of halogens is 1. The molecule has 41 heavy (non-hydrogen) atoms. The molecule has 9 heteroatoms. The average molecular weight is 553 g/mol. The topological polar surface area (TPSA) is 113 Å². The van der Waals surface area contributed by atoms with Crippen LogP contribution in [0.5, 0.6) is 28.7 Å². The van der Waals surface area contributed by atoms with Gasteiger partial charge < -0.3 is 29.4 Å². The molecule has 2 N–H and O–H groups in total. The molecule has 0 radical (unpaired) electrons. The van der Waals surface area contributed by atoms with Crippen LogP contribution in [0.3, 0.4) is 0 Å². The molecule has 0 spiro atoms. The van der Waals surface area contributed by atoms with Crippen molar-refractivity contribution < 1.29 is 32.9 Å². The zero-order chi connectivity index (χ0) is 28.9. The first kappa shape index (κ1) is 27.1. The second-order valence-electron chi connectivity index (χ2n) is 9.07. The van der Waals surface area contributed by atoms with Crippen LogP contribution in [-0.2, 0) is 6.61 Å². The summed E-state index contributed by atoms with van der Waals surface area (Å²) in [6, 6.07) is 25.0. The lowest BCUT2D eigenvalue weighted by atomic mass is 9.83. The highest BCUT2D eigenvalue weighted by atomic mass is 19.1. The minimum absolute atomic E-state index is 0.0584. The highest BCUT2D eigenvalue weighted by Crippen LogP contribution is 2.45. The zero-order valence-electron chi connectivity index (χ0n) is 22.2. The summed E-state index contributed by atoms with van der Waals surface area (Å²) in [5.74, 6) is 0.502. The maximum absolute atomic E-state index is 13.2. The maximum atomic E-state index is 13.2. The summed E-state index contributed by atoms with van der Waals surface area (Å²) in [6.45, 7) is 0.212. The third-order valence-corrected chi connectivity index (χ3v) is 6.54. The van der Waals surface area contributed by atoms with Crippen molar-refractivity contribution in [2.75, 3.05) is 14.2 Å². The third-order valence-electron chi connectivity index (χ3n) is 6.54. The lowest BCUT2D eigenvalue weighted by Gasteiger charge is -2.27. The van der Waals surface area contributed by atoms with Gasteiger partial charge >= 0.3 is 5.97 Å². The molecule has 4 aromatic carbocycles. The van der Waals surface area contributed by atoms with Crippen molar-refractivity contribution >= 4 is 5.97 Å². The molecule has 0 amide bonds. The summed E-state index contributed by atoms with van der Waals surface area (Å²) in [7, 11) is 3.03. The minimum atomic E-state index is -0.577. The van der Waals surface area contributed by atoms with E-state index in [4.69, 9.17) is 29.4 Å². The number of methoxy groups -OCH3 is 2. The van der Waals surface area contributed by atoms with Crippen molar-refractivity contribution in [3.8, 4) is 34.8 Å². The van der Waals surface area contributed by atoms with Gasteiger partial charge in [-0.25, -0.2) is 9.18 Å². The number of fused-ring (bicyclic) bond motifs is 1. The molecule has 0 aliphatic carbocycles. The number of ether oxygens (including phenoxy) is 5. The van der Waals surface area contributed by atoms with E-state index in [1.165, 1.54) is 26.4 Å². The molecule has 1 aliphatic heterocycles. The number of rotatable bonds is 8. The highest BCUT2D eigenvalue weighted by Gasteiger charge is 2.32. The molecular weight excluding hydrogens is 527 g/mol. The number of nitrogens with zero attached hydrogens (tertiary/aromatic N) is 1. The molecule has 0 saturated heterocycles. The van der Waals surface area contributed by atoms with E-state index in [0.717, 1.165) is 5.56 Å². The number of hydrogen-bond acceptors (Lipinski definition) is 8. The fourth-order valence-electron chi connectivity index (χ4n) is 4.48. The average Bonchev–Trinajstić information content (AvgIpc) is 3.00. The van der Waals surface area contributed by atoms with Crippen molar-refractivity contribution in [3.05, 3.63) is 124 Å². The van der Waals surface area contributed by atoms with Gasteiger partial charge in [-0.15, -0.1) is 0 Å².